The van der Waals surface area contributed by atoms with Crippen molar-refractivity contribution in [2.24, 2.45) is 0 Å². The second-order valence-electron chi connectivity index (χ2n) is 7.79. The number of halogens is 2. The SMILES string of the molecule is COc1ccc(OC)c(N2C(=O)C(Cl)=C(Nc3cccc(C(=O)Nc4ccc(Cl)cc4C)c3)C2=O)c1. The molecule has 0 unspecified atom stereocenters. The van der Waals surface area contributed by atoms with Crippen LogP contribution in [-0.4, -0.2) is 31.9 Å². The molecule has 0 aromatic heterocycles. The molecular formula is C26H21Cl2N3O5. The summed E-state index contributed by atoms with van der Waals surface area (Å²) in [6, 6.07) is 16.3. The minimum atomic E-state index is -0.720. The Kier molecular flexibility index (Phi) is 7.19. The van der Waals surface area contributed by atoms with Crippen LogP contribution >= 0.6 is 23.2 Å². The number of nitrogens with one attached hydrogen (secondary N) is 2. The summed E-state index contributed by atoms with van der Waals surface area (Å²) in [5, 5.41) is 5.99. The molecule has 1 aliphatic rings. The van der Waals surface area contributed by atoms with Gasteiger partial charge in [0.1, 0.15) is 22.2 Å². The molecule has 0 atom stereocenters. The number of aryl methyl sites for hydroxylation is 1. The van der Waals surface area contributed by atoms with Gasteiger partial charge in [0.2, 0.25) is 0 Å². The van der Waals surface area contributed by atoms with Crippen LogP contribution in [0.2, 0.25) is 5.02 Å². The van der Waals surface area contributed by atoms with Crippen molar-refractivity contribution in [3.63, 3.8) is 0 Å². The zero-order chi connectivity index (χ0) is 26.0. The van der Waals surface area contributed by atoms with Crippen molar-refractivity contribution in [2.45, 2.75) is 6.92 Å². The Labute approximate surface area is 217 Å². The number of hydrogen-bond acceptors (Lipinski definition) is 6. The number of carbonyl (C=O) groups excluding carboxylic acids is 3. The van der Waals surface area contributed by atoms with Crippen molar-refractivity contribution in [2.75, 3.05) is 29.8 Å². The summed E-state index contributed by atoms with van der Waals surface area (Å²) >= 11 is 12.3. The van der Waals surface area contributed by atoms with Crippen LogP contribution in [0.3, 0.4) is 0 Å². The van der Waals surface area contributed by atoms with Crippen LogP contribution in [0.1, 0.15) is 15.9 Å². The highest BCUT2D eigenvalue weighted by Crippen LogP contribution is 2.38. The van der Waals surface area contributed by atoms with E-state index in [-0.39, 0.29) is 22.3 Å². The maximum Gasteiger partial charge on any atom is 0.283 e. The van der Waals surface area contributed by atoms with Crippen LogP contribution in [0, 0.1) is 6.92 Å². The lowest BCUT2D eigenvalue weighted by molar-refractivity contribution is -0.120. The molecular weight excluding hydrogens is 505 g/mol. The summed E-state index contributed by atoms with van der Waals surface area (Å²) in [7, 11) is 2.89. The predicted molar refractivity (Wildman–Crippen MR) is 139 cm³/mol. The Morgan fingerprint density at radius 2 is 1.69 bits per heavy atom. The lowest BCUT2D eigenvalue weighted by Gasteiger charge is -2.19. The van der Waals surface area contributed by atoms with E-state index < -0.39 is 11.8 Å². The monoisotopic (exact) mass is 525 g/mol. The summed E-state index contributed by atoms with van der Waals surface area (Å²) in [6.07, 6.45) is 0. The van der Waals surface area contributed by atoms with Gasteiger partial charge in [0.25, 0.3) is 17.7 Å². The first-order valence-corrected chi connectivity index (χ1v) is 11.4. The van der Waals surface area contributed by atoms with Gasteiger partial charge in [0.15, 0.2) is 0 Å². The second kappa shape index (κ2) is 10.3. The lowest BCUT2D eigenvalue weighted by Crippen LogP contribution is -2.32. The van der Waals surface area contributed by atoms with Gasteiger partial charge in [-0.1, -0.05) is 29.3 Å². The molecule has 8 nitrogen and oxygen atoms in total. The van der Waals surface area contributed by atoms with Gasteiger partial charge in [-0.05, 0) is 61.0 Å². The normalized spacial score (nSPS) is 13.2. The van der Waals surface area contributed by atoms with Gasteiger partial charge in [0.05, 0.1) is 19.9 Å². The third-order valence-electron chi connectivity index (χ3n) is 5.48. The van der Waals surface area contributed by atoms with Crippen molar-refractivity contribution >= 4 is 58.0 Å². The number of amides is 3. The number of nitrogens with zero attached hydrogens (tertiary/aromatic N) is 1. The average Bonchev–Trinajstić information content (AvgIpc) is 3.08. The largest absolute Gasteiger partial charge is 0.497 e. The molecule has 2 N–H and O–H groups in total. The number of benzene rings is 3. The average molecular weight is 526 g/mol. The summed E-state index contributed by atoms with van der Waals surface area (Å²) < 4.78 is 10.5. The van der Waals surface area contributed by atoms with Crippen LogP contribution in [-0.2, 0) is 9.59 Å². The quantitative estimate of drug-likeness (QED) is 0.403. The van der Waals surface area contributed by atoms with E-state index in [1.54, 1.807) is 54.6 Å². The van der Waals surface area contributed by atoms with E-state index >= 15 is 0 Å². The van der Waals surface area contributed by atoms with Crippen molar-refractivity contribution < 1.29 is 23.9 Å². The minimum absolute atomic E-state index is 0.127. The molecule has 0 saturated heterocycles. The maximum atomic E-state index is 13.2. The third-order valence-corrected chi connectivity index (χ3v) is 6.07. The van der Waals surface area contributed by atoms with Crippen LogP contribution in [0.5, 0.6) is 11.5 Å². The molecule has 3 aromatic rings. The highest BCUT2D eigenvalue weighted by molar-refractivity contribution is 6.53. The zero-order valence-electron chi connectivity index (χ0n) is 19.5. The minimum Gasteiger partial charge on any atom is -0.497 e. The number of methoxy groups -OCH3 is 2. The van der Waals surface area contributed by atoms with Crippen LogP contribution in [0.25, 0.3) is 0 Å². The van der Waals surface area contributed by atoms with Crippen LogP contribution in [0.15, 0.2) is 71.4 Å². The van der Waals surface area contributed by atoms with Crippen molar-refractivity contribution in [3.05, 3.63) is 87.5 Å². The molecule has 10 heteroatoms. The molecule has 0 fully saturated rings. The van der Waals surface area contributed by atoms with Crippen molar-refractivity contribution in [1.82, 2.24) is 0 Å². The molecule has 4 rings (SSSR count). The summed E-state index contributed by atoms with van der Waals surface area (Å²) in [5.74, 6) is -1.04. The van der Waals surface area contributed by atoms with Gasteiger partial charge in [0, 0.05) is 28.0 Å². The third kappa shape index (κ3) is 4.86. The number of imide groups is 1. The van der Waals surface area contributed by atoms with E-state index in [1.165, 1.54) is 20.3 Å². The van der Waals surface area contributed by atoms with E-state index in [0.29, 0.717) is 33.5 Å². The smallest absolute Gasteiger partial charge is 0.283 e. The fourth-order valence-corrected chi connectivity index (χ4v) is 4.09. The van der Waals surface area contributed by atoms with Crippen molar-refractivity contribution in [3.8, 4) is 11.5 Å². The first kappa shape index (κ1) is 25.1. The Bertz CT molecular complexity index is 1420. The molecule has 1 heterocycles. The Balaban J connectivity index is 1.58. The molecule has 0 bridgehead atoms. The Morgan fingerprint density at radius 1 is 0.917 bits per heavy atom. The first-order chi connectivity index (χ1) is 17.2. The molecule has 0 aliphatic carbocycles. The molecule has 3 aromatic carbocycles. The first-order valence-electron chi connectivity index (χ1n) is 10.7. The molecule has 3 amide bonds. The highest BCUT2D eigenvalue weighted by atomic mass is 35.5. The maximum absolute atomic E-state index is 13.2. The van der Waals surface area contributed by atoms with E-state index in [2.05, 4.69) is 10.6 Å². The van der Waals surface area contributed by atoms with Crippen LogP contribution in [0.4, 0.5) is 17.1 Å². The molecule has 0 spiro atoms. The molecule has 0 radical (unpaired) electrons. The van der Waals surface area contributed by atoms with Crippen molar-refractivity contribution in [1.29, 1.82) is 0 Å². The van der Waals surface area contributed by atoms with E-state index in [4.69, 9.17) is 32.7 Å². The summed E-state index contributed by atoms with van der Waals surface area (Å²) in [6.45, 7) is 1.83. The fraction of sp³-hybridized carbons (Fsp3) is 0.115. The summed E-state index contributed by atoms with van der Waals surface area (Å²) in [5.41, 5.74) is 2.21. The van der Waals surface area contributed by atoms with E-state index in [1.807, 2.05) is 6.92 Å². The van der Waals surface area contributed by atoms with Gasteiger partial charge in [-0.3, -0.25) is 14.4 Å². The molecule has 184 valence electrons. The van der Waals surface area contributed by atoms with Gasteiger partial charge in [-0.2, -0.15) is 0 Å². The van der Waals surface area contributed by atoms with Gasteiger partial charge < -0.3 is 20.1 Å². The Hall–Kier alpha value is -4.01. The van der Waals surface area contributed by atoms with E-state index in [0.717, 1.165) is 10.5 Å². The second-order valence-corrected chi connectivity index (χ2v) is 8.61. The van der Waals surface area contributed by atoms with E-state index in [9.17, 15) is 14.4 Å². The number of anilines is 3. The van der Waals surface area contributed by atoms with Gasteiger partial charge >= 0.3 is 0 Å². The lowest BCUT2D eigenvalue weighted by atomic mass is 10.1. The Morgan fingerprint density at radius 3 is 2.39 bits per heavy atom. The van der Waals surface area contributed by atoms with Crippen LogP contribution < -0.4 is 25.0 Å². The predicted octanol–water partition coefficient (Wildman–Crippen LogP) is 5.35. The molecule has 1 aliphatic heterocycles. The number of hydrogen-bond donors (Lipinski definition) is 2. The number of ether oxygens (including phenoxy) is 2. The standard InChI is InChI=1S/C26H21Cl2N3O5/c1-14-11-16(27)7-9-19(14)30-24(32)15-5-4-6-17(12-15)29-23-22(28)25(33)31(26(23)34)20-13-18(35-2)8-10-21(20)36-3/h4-13,29H,1-3H3,(H,30,32). The number of carbonyl (C=O) groups is 3. The van der Waals surface area contributed by atoms with Gasteiger partial charge in [-0.15, -0.1) is 0 Å². The number of rotatable bonds is 7. The van der Waals surface area contributed by atoms with Gasteiger partial charge in [-0.25, -0.2) is 4.90 Å². The zero-order valence-corrected chi connectivity index (χ0v) is 21.0. The molecule has 36 heavy (non-hydrogen) atoms. The highest BCUT2D eigenvalue weighted by Gasteiger charge is 2.40. The summed E-state index contributed by atoms with van der Waals surface area (Å²) in [4.78, 5) is 39.9. The fourth-order valence-electron chi connectivity index (χ4n) is 3.65. The molecule has 0 saturated carbocycles. The topological polar surface area (TPSA) is 97.0 Å².